The van der Waals surface area contributed by atoms with Gasteiger partial charge >= 0.3 is 6.18 Å². The minimum atomic E-state index is -4.45. The largest absolute Gasteiger partial charge is 0.416 e. The first-order valence-electron chi connectivity index (χ1n) is 10.1. The van der Waals surface area contributed by atoms with Crippen LogP contribution in [0.3, 0.4) is 0 Å². The van der Waals surface area contributed by atoms with Crippen LogP contribution in [0, 0.1) is 0 Å². The molecule has 0 unspecified atom stereocenters. The first-order valence-corrected chi connectivity index (χ1v) is 11.1. The molecule has 168 valence electrons. The number of morpholine rings is 1. The lowest BCUT2D eigenvalue weighted by Crippen LogP contribution is -2.37. The molecule has 0 aromatic heterocycles. The third kappa shape index (κ3) is 6.40. The van der Waals surface area contributed by atoms with Crippen molar-refractivity contribution in [3.05, 3.63) is 53.6 Å². The van der Waals surface area contributed by atoms with Gasteiger partial charge in [0.25, 0.3) is 0 Å². The molecule has 1 heterocycles. The van der Waals surface area contributed by atoms with Crippen LogP contribution in [0.15, 0.2) is 47.4 Å². The fraction of sp³-hybridized carbons (Fsp3) is 0.435. The van der Waals surface area contributed by atoms with E-state index in [2.05, 4.69) is 26.1 Å². The Kier molecular flexibility index (Phi) is 7.21. The van der Waals surface area contributed by atoms with Crippen LogP contribution in [-0.2, 0) is 21.1 Å². The number of carbonyl (C=O) groups excluding carboxylic acids is 1. The molecule has 3 rings (SSSR count). The Morgan fingerprint density at radius 2 is 1.65 bits per heavy atom. The van der Waals surface area contributed by atoms with Gasteiger partial charge in [-0.3, -0.25) is 4.79 Å². The molecule has 31 heavy (non-hydrogen) atoms. The van der Waals surface area contributed by atoms with Crippen molar-refractivity contribution in [1.29, 1.82) is 0 Å². The Morgan fingerprint density at radius 1 is 1.03 bits per heavy atom. The molecule has 1 N–H and O–H groups in total. The standard InChI is InChI=1S/C23H27F3N2O2S/c1-22(2,3)16-4-7-18(8-5-16)31-15-21(29)27-19-9-6-17(23(24,25)26)14-20(19)28-10-12-30-13-11-28/h4-9,14H,10-13,15H2,1-3H3,(H,27,29). The molecule has 4 nitrogen and oxygen atoms in total. The third-order valence-corrected chi connectivity index (χ3v) is 6.05. The number of hydrogen-bond donors (Lipinski definition) is 1. The zero-order valence-electron chi connectivity index (χ0n) is 17.9. The number of anilines is 2. The number of thioether (sulfide) groups is 1. The van der Waals surface area contributed by atoms with Crippen molar-refractivity contribution in [3.63, 3.8) is 0 Å². The predicted octanol–water partition coefficient (Wildman–Crippen LogP) is 5.57. The summed E-state index contributed by atoms with van der Waals surface area (Å²) in [6.45, 7) is 8.22. The summed E-state index contributed by atoms with van der Waals surface area (Å²) in [6.07, 6.45) is -4.45. The van der Waals surface area contributed by atoms with Gasteiger partial charge in [0.05, 0.1) is 35.9 Å². The lowest BCUT2D eigenvalue weighted by molar-refractivity contribution is -0.137. The van der Waals surface area contributed by atoms with Crippen molar-refractivity contribution < 1.29 is 22.7 Å². The van der Waals surface area contributed by atoms with Crippen LogP contribution in [0.25, 0.3) is 0 Å². The second-order valence-corrected chi connectivity index (χ2v) is 9.49. The van der Waals surface area contributed by atoms with E-state index in [1.807, 2.05) is 29.2 Å². The van der Waals surface area contributed by atoms with Gasteiger partial charge in [0.2, 0.25) is 5.91 Å². The molecule has 1 fully saturated rings. The summed E-state index contributed by atoms with van der Waals surface area (Å²) in [4.78, 5) is 15.3. The fourth-order valence-electron chi connectivity index (χ4n) is 3.27. The molecule has 0 aliphatic carbocycles. The van der Waals surface area contributed by atoms with E-state index in [4.69, 9.17) is 4.74 Å². The van der Waals surface area contributed by atoms with Gasteiger partial charge in [-0.05, 0) is 41.3 Å². The zero-order chi connectivity index (χ0) is 22.6. The summed E-state index contributed by atoms with van der Waals surface area (Å²) >= 11 is 1.39. The molecule has 0 saturated carbocycles. The normalized spacial score (nSPS) is 15.1. The van der Waals surface area contributed by atoms with Gasteiger partial charge in [-0.2, -0.15) is 13.2 Å². The quantitative estimate of drug-likeness (QED) is 0.602. The van der Waals surface area contributed by atoms with Crippen LogP contribution in [0.4, 0.5) is 24.5 Å². The van der Waals surface area contributed by atoms with E-state index in [0.717, 1.165) is 17.0 Å². The Bertz CT molecular complexity index is 903. The average Bonchev–Trinajstić information content (AvgIpc) is 2.72. The van der Waals surface area contributed by atoms with E-state index in [1.54, 1.807) is 0 Å². The van der Waals surface area contributed by atoms with E-state index in [-0.39, 0.29) is 17.1 Å². The molecular weight excluding hydrogens is 425 g/mol. The number of amides is 1. The molecule has 1 amide bonds. The number of nitrogens with zero attached hydrogens (tertiary/aromatic N) is 1. The molecule has 0 bridgehead atoms. The highest BCUT2D eigenvalue weighted by Crippen LogP contribution is 2.36. The summed E-state index contributed by atoms with van der Waals surface area (Å²) in [6, 6.07) is 11.5. The monoisotopic (exact) mass is 452 g/mol. The first kappa shape index (κ1) is 23.5. The zero-order valence-corrected chi connectivity index (χ0v) is 18.7. The smallest absolute Gasteiger partial charge is 0.378 e. The molecule has 1 aliphatic heterocycles. The summed E-state index contributed by atoms with van der Waals surface area (Å²) < 4.78 is 44.9. The number of rotatable bonds is 5. The number of hydrogen-bond acceptors (Lipinski definition) is 4. The van der Waals surface area contributed by atoms with Gasteiger partial charge in [0.15, 0.2) is 0 Å². The first-order chi connectivity index (χ1) is 14.5. The van der Waals surface area contributed by atoms with Crippen LogP contribution < -0.4 is 10.2 Å². The summed E-state index contributed by atoms with van der Waals surface area (Å²) in [5, 5.41) is 2.78. The van der Waals surface area contributed by atoms with Gasteiger partial charge in [0, 0.05) is 18.0 Å². The van der Waals surface area contributed by atoms with Crippen molar-refractivity contribution >= 4 is 29.0 Å². The lowest BCUT2D eigenvalue weighted by atomic mass is 9.87. The molecule has 2 aromatic rings. The predicted molar refractivity (Wildman–Crippen MR) is 119 cm³/mol. The van der Waals surface area contributed by atoms with Gasteiger partial charge in [-0.25, -0.2) is 0 Å². The number of halogens is 3. The Morgan fingerprint density at radius 3 is 2.23 bits per heavy atom. The van der Waals surface area contributed by atoms with Crippen molar-refractivity contribution in [2.75, 3.05) is 42.3 Å². The van der Waals surface area contributed by atoms with Crippen LogP contribution in [0.5, 0.6) is 0 Å². The Hall–Kier alpha value is -2.19. The van der Waals surface area contributed by atoms with Crippen molar-refractivity contribution in [3.8, 4) is 0 Å². The molecule has 0 spiro atoms. The lowest BCUT2D eigenvalue weighted by Gasteiger charge is -2.31. The van der Waals surface area contributed by atoms with Crippen LogP contribution >= 0.6 is 11.8 Å². The number of ether oxygens (including phenoxy) is 1. The third-order valence-electron chi connectivity index (χ3n) is 5.04. The van der Waals surface area contributed by atoms with E-state index in [9.17, 15) is 18.0 Å². The van der Waals surface area contributed by atoms with Crippen molar-refractivity contribution in [2.45, 2.75) is 37.3 Å². The van der Waals surface area contributed by atoms with Gasteiger partial charge in [-0.1, -0.05) is 32.9 Å². The molecule has 1 aliphatic rings. The maximum atomic E-state index is 13.2. The maximum absolute atomic E-state index is 13.2. The minimum Gasteiger partial charge on any atom is -0.378 e. The summed E-state index contributed by atoms with van der Waals surface area (Å²) in [5.41, 5.74) is 1.27. The summed E-state index contributed by atoms with van der Waals surface area (Å²) in [7, 11) is 0. The highest BCUT2D eigenvalue weighted by molar-refractivity contribution is 8.00. The Labute approximate surface area is 185 Å². The van der Waals surface area contributed by atoms with Gasteiger partial charge in [0.1, 0.15) is 0 Å². The molecular formula is C23H27F3N2O2S. The van der Waals surface area contributed by atoms with E-state index in [1.165, 1.54) is 23.4 Å². The fourth-order valence-corrected chi connectivity index (χ4v) is 3.96. The second-order valence-electron chi connectivity index (χ2n) is 8.44. The number of alkyl halides is 3. The Balaban J connectivity index is 1.69. The van der Waals surface area contributed by atoms with Crippen LogP contribution in [0.1, 0.15) is 31.9 Å². The maximum Gasteiger partial charge on any atom is 0.416 e. The molecule has 0 atom stereocenters. The van der Waals surface area contributed by atoms with E-state index >= 15 is 0 Å². The molecule has 1 saturated heterocycles. The van der Waals surface area contributed by atoms with Gasteiger partial charge < -0.3 is 15.0 Å². The SMILES string of the molecule is CC(C)(C)c1ccc(SCC(=O)Nc2ccc(C(F)(F)F)cc2N2CCOCC2)cc1. The molecule has 2 aromatic carbocycles. The van der Waals surface area contributed by atoms with Crippen LogP contribution in [0.2, 0.25) is 0 Å². The average molecular weight is 453 g/mol. The topological polar surface area (TPSA) is 41.6 Å². The minimum absolute atomic E-state index is 0.0546. The van der Waals surface area contributed by atoms with E-state index < -0.39 is 11.7 Å². The van der Waals surface area contributed by atoms with Crippen molar-refractivity contribution in [1.82, 2.24) is 0 Å². The van der Waals surface area contributed by atoms with E-state index in [0.29, 0.717) is 37.7 Å². The van der Waals surface area contributed by atoms with Crippen molar-refractivity contribution in [2.24, 2.45) is 0 Å². The number of benzene rings is 2. The molecule has 0 radical (unpaired) electrons. The number of carbonyl (C=O) groups is 1. The highest BCUT2D eigenvalue weighted by Gasteiger charge is 2.32. The highest BCUT2D eigenvalue weighted by atomic mass is 32.2. The second kappa shape index (κ2) is 9.53. The number of nitrogens with one attached hydrogen (secondary N) is 1. The molecule has 8 heteroatoms. The van der Waals surface area contributed by atoms with Gasteiger partial charge in [-0.15, -0.1) is 11.8 Å². The van der Waals surface area contributed by atoms with Crippen LogP contribution in [-0.4, -0.2) is 38.0 Å². The summed E-state index contributed by atoms with van der Waals surface area (Å²) in [5.74, 6) is -0.0995.